The molecule has 1 saturated carbocycles. The molecule has 0 spiro atoms. The SMILES string of the molecule is CC/C=C\C/C=C\C/C=C\C/C=C\C/C=C\C/C=C\CCC(O)NCC1(CC(=O)O)CCCCC1. The van der Waals surface area contributed by atoms with E-state index < -0.39 is 12.2 Å². The van der Waals surface area contributed by atoms with Gasteiger partial charge in [-0.2, -0.15) is 0 Å². The van der Waals surface area contributed by atoms with E-state index in [0.29, 0.717) is 13.0 Å². The van der Waals surface area contributed by atoms with Gasteiger partial charge < -0.3 is 10.2 Å². The summed E-state index contributed by atoms with van der Waals surface area (Å²) in [7, 11) is 0. The molecule has 1 aliphatic carbocycles. The van der Waals surface area contributed by atoms with Gasteiger partial charge in [-0.25, -0.2) is 0 Å². The van der Waals surface area contributed by atoms with E-state index in [0.717, 1.165) is 70.6 Å². The largest absolute Gasteiger partial charge is 0.481 e. The molecule has 0 aromatic rings. The highest BCUT2D eigenvalue weighted by Crippen LogP contribution is 2.38. The van der Waals surface area contributed by atoms with Crippen molar-refractivity contribution in [3.8, 4) is 0 Å². The average molecular weight is 484 g/mol. The van der Waals surface area contributed by atoms with Gasteiger partial charge in [0.1, 0.15) is 6.23 Å². The number of hydrogen-bond acceptors (Lipinski definition) is 3. The van der Waals surface area contributed by atoms with Gasteiger partial charge >= 0.3 is 5.97 Å². The number of carbonyl (C=O) groups is 1. The summed E-state index contributed by atoms with van der Waals surface area (Å²) >= 11 is 0. The van der Waals surface area contributed by atoms with Crippen molar-refractivity contribution in [2.24, 2.45) is 5.41 Å². The molecule has 3 N–H and O–H groups in total. The Kier molecular flexibility index (Phi) is 18.6. The second-order valence-electron chi connectivity index (χ2n) is 9.52. The van der Waals surface area contributed by atoms with Crippen LogP contribution in [0.5, 0.6) is 0 Å². The van der Waals surface area contributed by atoms with E-state index in [1.54, 1.807) is 0 Å². The summed E-state index contributed by atoms with van der Waals surface area (Å²) in [6, 6.07) is 0. The molecular weight excluding hydrogens is 434 g/mol. The number of aliphatic hydroxyl groups excluding tert-OH is 1. The Morgan fingerprint density at radius 2 is 1.23 bits per heavy atom. The van der Waals surface area contributed by atoms with Crippen LogP contribution in [0.3, 0.4) is 0 Å². The molecule has 0 bridgehead atoms. The maximum atomic E-state index is 11.3. The number of nitrogens with one attached hydrogen (secondary N) is 1. The maximum absolute atomic E-state index is 11.3. The van der Waals surface area contributed by atoms with E-state index in [2.05, 4.69) is 85.2 Å². The Bertz CT molecular complexity index is 709. The molecule has 0 heterocycles. The van der Waals surface area contributed by atoms with E-state index in [1.807, 2.05) is 0 Å². The lowest BCUT2D eigenvalue weighted by molar-refractivity contribution is -0.140. The predicted octanol–water partition coefficient (Wildman–Crippen LogP) is 7.80. The minimum Gasteiger partial charge on any atom is -0.481 e. The Balaban J connectivity index is 2.06. The van der Waals surface area contributed by atoms with Crippen molar-refractivity contribution in [3.05, 3.63) is 72.9 Å². The van der Waals surface area contributed by atoms with Crippen LogP contribution in [0.2, 0.25) is 0 Å². The predicted molar refractivity (Wildman–Crippen MR) is 149 cm³/mol. The van der Waals surface area contributed by atoms with E-state index in [1.165, 1.54) is 6.42 Å². The van der Waals surface area contributed by atoms with Crippen molar-refractivity contribution in [3.63, 3.8) is 0 Å². The summed E-state index contributed by atoms with van der Waals surface area (Å²) in [6.07, 6.45) is 38.5. The number of carboxylic acid groups (broad SMARTS) is 1. The molecule has 0 amide bonds. The third-order valence-corrected chi connectivity index (χ3v) is 6.36. The lowest BCUT2D eigenvalue weighted by Crippen LogP contribution is -2.42. The summed E-state index contributed by atoms with van der Waals surface area (Å²) in [4.78, 5) is 11.3. The third kappa shape index (κ3) is 17.9. The molecule has 0 aromatic heterocycles. The Morgan fingerprint density at radius 3 is 1.69 bits per heavy atom. The van der Waals surface area contributed by atoms with Gasteiger partial charge in [0.15, 0.2) is 0 Å². The lowest BCUT2D eigenvalue weighted by Gasteiger charge is -2.37. The van der Waals surface area contributed by atoms with Crippen LogP contribution in [0.25, 0.3) is 0 Å². The molecule has 1 unspecified atom stereocenters. The zero-order valence-electron chi connectivity index (χ0n) is 21.9. The quantitative estimate of drug-likeness (QED) is 0.129. The molecule has 1 rings (SSSR count). The van der Waals surface area contributed by atoms with Gasteiger partial charge in [-0.1, -0.05) is 99.1 Å². The van der Waals surface area contributed by atoms with Crippen LogP contribution in [-0.4, -0.2) is 29.0 Å². The zero-order valence-corrected chi connectivity index (χ0v) is 21.9. The molecule has 0 saturated heterocycles. The Labute approximate surface area is 214 Å². The van der Waals surface area contributed by atoms with Gasteiger partial charge in [0.05, 0.1) is 6.42 Å². The third-order valence-electron chi connectivity index (χ3n) is 6.36. The smallest absolute Gasteiger partial charge is 0.303 e. The number of rotatable bonds is 19. The monoisotopic (exact) mass is 483 g/mol. The van der Waals surface area contributed by atoms with Gasteiger partial charge in [-0.15, -0.1) is 0 Å². The molecule has 0 radical (unpaired) electrons. The molecular formula is C31H49NO3. The molecule has 4 heteroatoms. The minimum atomic E-state index is -0.735. The molecule has 1 fully saturated rings. The Hall–Kier alpha value is -2.17. The molecule has 196 valence electrons. The summed E-state index contributed by atoms with van der Waals surface area (Å²) in [5, 5.41) is 22.7. The van der Waals surface area contributed by atoms with E-state index in [9.17, 15) is 15.0 Å². The molecule has 4 nitrogen and oxygen atoms in total. The first kappa shape index (κ1) is 30.9. The highest BCUT2D eigenvalue weighted by Gasteiger charge is 2.34. The summed E-state index contributed by atoms with van der Waals surface area (Å²) < 4.78 is 0. The number of aliphatic carboxylic acids is 1. The van der Waals surface area contributed by atoms with Crippen molar-refractivity contribution in [2.45, 2.75) is 103 Å². The highest BCUT2D eigenvalue weighted by molar-refractivity contribution is 5.67. The van der Waals surface area contributed by atoms with E-state index in [-0.39, 0.29) is 11.8 Å². The summed E-state index contributed by atoms with van der Waals surface area (Å²) in [6.45, 7) is 2.74. The normalized spacial score (nSPS) is 17.8. The second kappa shape index (κ2) is 21.1. The van der Waals surface area contributed by atoms with Crippen molar-refractivity contribution in [1.82, 2.24) is 5.32 Å². The second-order valence-corrected chi connectivity index (χ2v) is 9.52. The zero-order chi connectivity index (χ0) is 25.5. The maximum Gasteiger partial charge on any atom is 0.303 e. The fourth-order valence-corrected chi connectivity index (χ4v) is 4.37. The first-order valence-electron chi connectivity index (χ1n) is 13.6. The number of aliphatic hydroxyl groups is 1. The van der Waals surface area contributed by atoms with Gasteiger partial charge in [0.25, 0.3) is 0 Å². The molecule has 0 aromatic carbocycles. The van der Waals surface area contributed by atoms with Crippen LogP contribution >= 0.6 is 0 Å². The van der Waals surface area contributed by atoms with Gasteiger partial charge in [0.2, 0.25) is 0 Å². The van der Waals surface area contributed by atoms with Crippen molar-refractivity contribution >= 4 is 5.97 Å². The average Bonchev–Trinajstić information content (AvgIpc) is 2.84. The van der Waals surface area contributed by atoms with Crippen LogP contribution in [0.15, 0.2) is 72.9 Å². The standard InChI is InChI=1S/C31H49NO3/c1-2-3-4-5-6-7-8-9-10-11-12-13-14-15-16-17-18-19-21-24-29(33)32-28-31(27-30(34)35)25-22-20-23-26-31/h3-4,6-7,9-10,12-13,15-16,18-19,29,32-33H,2,5,8,11,14,17,20-28H2,1H3,(H,34,35)/b4-3-,7-6-,10-9-,13-12-,16-15-,19-18-. The summed E-state index contributed by atoms with van der Waals surface area (Å²) in [5.74, 6) is -0.735. The summed E-state index contributed by atoms with van der Waals surface area (Å²) in [5.41, 5.74) is -0.195. The van der Waals surface area contributed by atoms with Gasteiger partial charge in [-0.05, 0) is 69.6 Å². The van der Waals surface area contributed by atoms with Crippen LogP contribution in [0.1, 0.15) is 96.8 Å². The minimum absolute atomic E-state index is 0.194. The van der Waals surface area contributed by atoms with Crippen molar-refractivity contribution in [1.29, 1.82) is 0 Å². The van der Waals surface area contributed by atoms with Gasteiger partial charge in [0, 0.05) is 6.54 Å². The highest BCUT2D eigenvalue weighted by atomic mass is 16.4. The first-order valence-corrected chi connectivity index (χ1v) is 13.6. The molecule has 1 atom stereocenters. The van der Waals surface area contributed by atoms with E-state index >= 15 is 0 Å². The molecule has 35 heavy (non-hydrogen) atoms. The number of hydrogen-bond donors (Lipinski definition) is 3. The molecule has 0 aliphatic heterocycles. The van der Waals surface area contributed by atoms with Gasteiger partial charge in [-0.3, -0.25) is 10.1 Å². The van der Waals surface area contributed by atoms with Crippen LogP contribution in [0.4, 0.5) is 0 Å². The van der Waals surface area contributed by atoms with Crippen molar-refractivity contribution < 1.29 is 15.0 Å². The van der Waals surface area contributed by atoms with E-state index in [4.69, 9.17) is 0 Å². The fraction of sp³-hybridized carbons (Fsp3) is 0.581. The van der Waals surface area contributed by atoms with Crippen LogP contribution < -0.4 is 5.32 Å². The van der Waals surface area contributed by atoms with Crippen LogP contribution in [0, 0.1) is 5.41 Å². The molecule has 1 aliphatic rings. The topological polar surface area (TPSA) is 69.6 Å². The lowest BCUT2D eigenvalue weighted by atomic mass is 9.71. The number of allylic oxidation sites excluding steroid dienone is 12. The van der Waals surface area contributed by atoms with Crippen molar-refractivity contribution in [2.75, 3.05) is 6.54 Å². The van der Waals surface area contributed by atoms with Crippen LogP contribution in [-0.2, 0) is 4.79 Å². The number of carboxylic acids is 1. The fourth-order valence-electron chi connectivity index (χ4n) is 4.37. The Morgan fingerprint density at radius 1 is 0.771 bits per heavy atom. The first-order chi connectivity index (χ1) is 17.1.